The summed E-state index contributed by atoms with van der Waals surface area (Å²) in [6.45, 7) is 13.2. The van der Waals surface area contributed by atoms with Gasteiger partial charge >= 0.3 is 0 Å². The minimum absolute atomic E-state index is 0.0681. The standard InChI is InChI=1S/C47H70N6O8S2/c1-46(2)38-34-36(62-61-60-56)24-26-40(38)52(32-16-10-14-22-44(54)48-28-18-30-50(5)6)42(46)20-12-9-13-21-43-47(3,4)39-35-37(63(57,58)59)25-27-41(39)53(43)33-17-11-15-23-45(55)49-29-19-31-51(7)8/h9,12-13,20-21,24-27,34-35H,10-11,14-19,22-23,28-33H2,1-8H3,(H3-,48,49,54,55,56,57,58,59)/p+1. The van der Waals surface area contributed by atoms with E-state index >= 15 is 0 Å². The number of nitrogens with one attached hydrogen (secondary N) is 2. The van der Waals surface area contributed by atoms with Crippen LogP contribution in [0.2, 0.25) is 0 Å². The van der Waals surface area contributed by atoms with Crippen LogP contribution in [0.15, 0.2) is 82.3 Å². The maximum absolute atomic E-state index is 12.4. The van der Waals surface area contributed by atoms with Gasteiger partial charge in [-0.1, -0.05) is 43.5 Å². The molecule has 2 aliphatic rings. The van der Waals surface area contributed by atoms with E-state index in [1.807, 2.05) is 52.5 Å². The Morgan fingerprint density at radius 2 is 1.43 bits per heavy atom. The van der Waals surface area contributed by atoms with E-state index in [9.17, 15) is 22.6 Å². The lowest BCUT2D eigenvalue weighted by molar-refractivity contribution is -0.438. The first-order valence-electron chi connectivity index (χ1n) is 22.1. The maximum atomic E-state index is 12.4. The number of rotatable bonds is 27. The molecule has 0 fully saturated rings. The van der Waals surface area contributed by atoms with Gasteiger partial charge in [0, 0.05) is 78.3 Å². The molecule has 2 aromatic carbocycles. The number of unbranched alkanes of at least 4 members (excludes halogenated alkanes) is 4. The molecule has 2 aliphatic heterocycles. The van der Waals surface area contributed by atoms with Crippen molar-refractivity contribution in [3.05, 3.63) is 83.6 Å². The summed E-state index contributed by atoms with van der Waals surface area (Å²) in [5.41, 5.74) is 5.09. The number of benzene rings is 2. The minimum atomic E-state index is -4.40. The Bertz CT molecular complexity index is 2100. The third-order valence-electron chi connectivity index (χ3n) is 11.7. The Morgan fingerprint density at radius 3 is 2.03 bits per heavy atom. The van der Waals surface area contributed by atoms with Gasteiger partial charge in [-0.05, 0) is 136 Å². The quantitative estimate of drug-likeness (QED) is 0.0131. The molecule has 0 spiro atoms. The van der Waals surface area contributed by atoms with Gasteiger partial charge in [0.05, 0.1) is 22.4 Å². The molecule has 348 valence electrons. The predicted molar refractivity (Wildman–Crippen MR) is 252 cm³/mol. The zero-order chi connectivity index (χ0) is 46.2. The monoisotopic (exact) mass is 911 g/mol. The van der Waals surface area contributed by atoms with Gasteiger partial charge in [0.15, 0.2) is 5.71 Å². The van der Waals surface area contributed by atoms with E-state index in [1.54, 1.807) is 12.1 Å². The summed E-state index contributed by atoms with van der Waals surface area (Å²) >= 11 is 0.931. The van der Waals surface area contributed by atoms with Crippen molar-refractivity contribution in [2.45, 2.75) is 113 Å². The molecule has 0 aromatic heterocycles. The van der Waals surface area contributed by atoms with Crippen LogP contribution in [0, 0.1) is 0 Å². The van der Waals surface area contributed by atoms with Crippen molar-refractivity contribution in [1.29, 1.82) is 0 Å². The summed E-state index contributed by atoms with van der Waals surface area (Å²) in [5.74, 6) is 0.162. The minimum Gasteiger partial charge on any atom is -0.356 e. The fraction of sp³-hybridized carbons (Fsp3) is 0.553. The van der Waals surface area contributed by atoms with E-state index in [-0.39, 0.29) is 22.1 Å². The second-order valence-electron chi connectivity index (χ2n) is 17.9. The highest BCUT2D eigenvalue weighted by Crippen LogP contribution is 2.49. The third kappa shape index (κ3) is 15.1. The van der Waals surface area contributed by atoms with Crippen LogP contribution in [0.5, 0.6) is 0 Å². The highest BCUT2D eigenvalue weighted by molar-refractivity contribution is 7.94. The van der Waals surface area contributed by atoms with Gasteiger partial charge in [0.2, 0.25) is 17.5 Å². The molecule has 0 saturated heterocycles. The number of hydrogen-bond donors (Lipinski definition) is 4. The fourth-order valence-electron chi connectivity index (χ4n) is 8.30. The molecule has 2 aromatic rings. The van der Waals surface area contributed by atoms with Crippen LogP contribution in [0.4, 0.5) is 11.4 Å². The molecule has 4 rings (SSSR count). The zero-order valence-corrected chi connectivity index (χ0v) is 40.2. The van der Waals surface area contributed by atoms with Crippen molar-refractivity contribution in [2.75, 3.05) is 72.4 Å². The van der Waals surface area contributed by atoms with Gasteiger partial charge < -0.3 is 25.3 Å². The molecule has 2 heterocycles. The molecule has 0 atom stereocenters. The summed E-state index contributed by atoms with van der Waals surface area (Å²) in [4.78, 5) is 31.9. The molecule has 0 aliphatic carbocycles. The smallest absolute Gasteiger partial charge is 0.294 e. The van der Waals surface area contributed by atoms with Crippen molar-refractivity contribution < 1.29 is 41.8 Å². The maximum Gasteiger partial charge on any atom is 0.294 e. The van der Waals surface area contributed by atoms with E-state index in [0.29, 0.717) is 32.5 Å². The summed E-state index contributed by atoms with van der Waals surface area (Å²) < 4.78 is 41.3. The number of allylic oxidation sites excluding steroid dienone is 6. The second-order valence-corrected chi connectivity index (χ2v) is 20.1. The Morgan fingerprint density at radius 1 is 0.794 bits per heavy atom. The van der Waals surface area contributed by atoms with E-state index < -0.39 is 15.5 Å². The number of hydrogen-bond acceptors (Lipinski definition) is 11. The average Bonchev–Trinajstić information content (AvgIpc) is 3.56. The Kier molecular flexibility index (Phi) is 20.1. The SMILES string of the molecule is CN(C)CCCNC(=O)CCCCCN1\C(=C/C=C/C=C/C2=[N+](CCCCCC(=O)NCCCN(C)C)c3ccc(SOOO)cc3C2(C)C)C(C)(C)c2cc(S(=O)(=O)O)ccc21. The number of fused-ring (bicyclic) bond motifs is 2. The van der Waals surface area contributed by atoms with Crippen molar-refractivity contribution >= 4 is 51.1 Å². The number of amides is 2. The highest BCUT2D eigenvalue weighted by atomic mass is 32.2. The normalized spacial score (nSPS) is 16.3. The lowest BCUT2D eigenvalue weighted by atomic mass is 9.81. The van der Waals surface area contributed by atoms with Crippen molar-refractivity contribution in [2.24, 2.45) is 0 Å². The van der Waals surface area contributed by atoms with Crippen molar-refractivity contribution in [3.63, 3.8) is 0 Å². The molecule has 4 N–H and O–H groups in total. The second kappa shape index (κ2) is 24.4. The molecule has 0 bridgehead atoms. The predicted octanol–water partition coefficient (Wildman–Crippen LogP) is 7.79. The first kappa shape index (κ1) is 51.8. The molecule has 0 radical (unpaired) electrons. The zero-order valence-electron chi connectivity index (χ0n) is 38.6. The molecule has 16 heteroatoms. The van der Waals surface area contributed by atoms with Gasteiger partial charge in [0.1, 0.15) is 6.54 Å². The van der Waals surface area contributed by atoms with Crippen molar-refractivity contribution in [3.8, 4) is 0 Å². The van der Waals surface area contributed by atoms with Crippen LogP contribution < -0.4 is 15.5 Å². The molecule has 14 nitrogen and oxygen atoms in total. The molecular formula is C47H71N6O8S2+. The van der Waals surface area contributed by atoms with Gasteiger partial charge in [-0.2, -0.15) is 13.0 Å². The van der Waals surface area contributed by atoms with Crippen molar-refractivity contribution in [1.82, 2.24) is 20.4 Å². The van der Waals surface area contributed by atoms with Crippen LogP contribution >= 0.6 is 12.0 Å². The first-order chi connectivity index (χ1) is 29.9. The molecular weight excluding hydrogens is 841 g/mol. The van der Waals surface area contributed by atoms with Crippen LogP contribution in [-0.4, -0.2) is 118 Å². The number of nitrogens with zero attached hydrogens (tertiary/aromatic N) is 4. The first-order valence-corrected chi connectivity index (χ1v) is 24.3. The highest BCUT2D eigenvalue weighted by Gasteiger charge is 2.44. The summed E-state index contributed by atoms with van der Waals surface area (Å²) in [7, 11) is 3.69. The number of anilines is 1. The van der Waals surface area contributed by atoms with Crippen LogP contribution in [0.25, 0.3) is 0 Å². The third-order valence-corrected chi connectivity index (χ3v) is 13.1. The Hall–Kier alpha value is -3.87. The fourth-order valence-corrected chi connectivity index (χ4v) is 9.21. The summed E-state index contributed by atoms with van der Waals surface area (Å²) in [6.07, 6.45) is 18.1. The number of carbonyl (C=O) groups excluding carboxylic acids is 2. The molecule has 2 amide bonds. The Labute approximate surface area is 380 Å². The topological polar surface area (TPSA) is 164 Å². The van der Waals surface area contributed by atoms with Gasteiger partial charge in [-0.15, -0.1) is 4.33 Å². The molecule has 0 saturated carbocycles. The lowest BCUT2D eigenvalue weighted by Gasteiger charge is -2.27. The van der Waals surface area contributed by atoms with Gasteiger partial charge in [0.25, 0.3) is 10.1 Å². The van der Waals surface area contributed by atoms with Crippen LogP contribution in [-0.2, 0) is 39.9 Å². The van der Waals surface area contributed by atoms with Crippen LogP contribution in [0.3, 0.4) is 0 Å². The average molecular weight is 912 g/mol. The number of carbonyl (C=O) groups is 2. The van der Waals surface area contributed by atoms with E-state index in [1.165, 1.54) is 6.07 Å². The molecule has 63 heavy (non-hydrogen) atoms. The van der Waals surface area contributed by atoms with E-state index in [4.69, 9.17) is 9.59 Å². The van der Waals surface area contributed by atoms with Gasteiger partial charge in [-0.3, -0.25) is 14.1 Å². The largest absolute Gasteiger partial charge is 0.356 e. The molecule has 0 unspecified atom stereocenters. The van der Waals surface area contributed by atoms with E-state index in [0.717, 1.165) is 122 Å². The summed E-state index contributed by atoms with van der Waals surface area (Å²) in [5, 5.41) is 18.7. The summed E-state index contributed by atoms with van der Waals surface area (Å²) in [6, 6.07) is 10.8. The van der Waals surface area contributed by atoms with Gasteiger partial charge in [-0.25, -0.2) is 5.26 Å². The lowest BCUT2D eigenvalue weighted by Crippen LogP contribution is -2.28. The van der Waals surface area contributed by atoms with E-state index in [2.05, 4.69) is 86.9 Å². The Balaban J connectivity index is 1.51. The van der Waals surface area contributed by atoms with Crippen LogP contribution in [0.1, 0.15) is 103 Å².